The standard InChI is InChI=1S/C16H28O3/c1-7-9-16(17)10-8-12(15(2,3)4)11-13(16)14(18-5)19-6/h1,12-14,17H,8-11H2,2-6H3/t12?,13-,16-/m1/s1. The lowest BCUT2D eigenvalue weighted by molar-refractivity contribution is -0.208. The third-order valence-corrected chi connectivity index (χ3v) is 4.58. The highest BCUT2D eigenvalue weighted by molar-refractivity contribution is 5.03. The van der Waals surface area contributed by atoms with E-state index in [9.17, 15) is 5.11 Å². The first-order valence-electron chi connectivity index (χ1n) is 7.00. The molecule has 0 spiro atoms. The summed E-state index contributed by atoms with van der Waals surface area (Å²) in [7, 11) is 3.23. The Balaban J connectivity index is 2.96. The maximum Gasteiger partial charge on any atom is 0.162 e. The van der Waals surface area contributed by atoms with Crippen molar-refractivity contribution in [2.75, 3.05) is 14.2 Å². The Morgan fingerprint density at radius 3 is 2.37 bits per heavy atom. The van der Waals surface area contributed by atoms with Gasteiger partial charge in [0, 0.05) is 26.6 Å². The van der Waals surface area contributed by atoms with Crippen LogP contribution in [0.2, 0.25) is 0 Å². The predicted molar refractivity (Wildman–Crippen MR) is 76.5 cm³/mol. The Hall–Kier alpha value is -0.560. The molecule has 1 aliphatic carbocycles. The molecule has 0 aromatic carbocycles. The zero-order valence-corrected chi connectivity index (χ0v) is 12.9. The molecule has 0 aliphatic heterocycles. The van der Waals surface area contributed by atoms with Crippen LogP contribution in [0.3, 0.4) is 0 Å². The molecule has 3 atom stereocenters. The minimum absolute atomic E-state index is 0.0727. The molecule has 3 nitrogen and oxygen atoms in total. The molecule has 1 aliphatic rings. The second-order valence-corrected chi connectivity index (χ2v) is 6.77. The van der Waals surface area contributed by atoms with Crippen molar-refractivity contribution in [2.45, 2.75) is 58.3 Å². The van der Waals surface area contributed by atoms with Gasteiger partial charge in [0.1, 0.15) is 0 Å². The molecule has 0 aromatic heterocycles. The average Bonchev–Trinajstić information content (AvgIpc) is 2.31. The summed E-state index contributed by atoms with van der Waals surface area (Å²) >= 11 is 0. The second-order valence-electron chi connectivity index (χ2n) is 6.77. The molecule has 1 saturated carbocycles. The van der Waals surface area contributed by atoms with Crippen LogP contribution in [-0.4, -0.2) is 31.2 Å². The van der Waals surface area contributed by atoms with Gasteiger partial charge in [-0.1, -0.05) is 20.8 Å². The van der Waals surface area contributed by atoms with Crippen molar-refractivity contribution in [3.8, 4) is 12.3 Å². The van der Waals surface area contributed by atoms with E-state index >= 15 is 0 Å². The summed E-state index contributed by atoms with van der Waals surface area (Å²) in [5.41, 5.74) is -0.644. The summed E-state index contributed by atoms with van der Waals surface area (Å²) in [4.78, 5) is 0. The van der Waals surface area contributed by atoms with Gasteiger partial charge >= 0.3 is 0 Å². The molecule has 0 aromatic rings. The van der Waals surface area contributed by atoms with Crippen LogP contribution in [0, 0.1) is 29.6 Å². The van der Waals surface area contributed by atoms with Crippen molar-refractivity contribution >= 4 is 0 Å². The fourth-order valence-electron chi connectivity index (χ4n) is 3.23. The lowest BCUT2D eigenvalue weighted by atomic mass is 9.62. The van der Waals surface area contributed by atoms with E-state index in [0.29, 0.717) is 18.8 Å². The van der Waals surface area contributed by atoms with Crippen LogP contribution in [0.15, 0.2) is 0 Å². The monoisotopic (exact) mass is 268 g/mol. The van der Waals surface area contributed by atoms with Gasteiger partial charge in [-0.2, -0.15) is 0 Å². The third kappa shape index (κ3) is 3.72. The van der Waals surface area contributed by atoms with Gasteiger partial charge in [0.2, 0.25) is 0 Å². The third-order valence-electron chi connectivity index (χ3n) is 4.58. The normalized spacial score (nSPS) is 32.3. The maximum absolute atomic E-state index is 10.8. The molecule has 3 heteroatoms. The largest absolute Gasteiger partial charge is 0.388 e. The van der Waals surface area contributed by atoms with Crippen molar-refractivity contribution in [1.82, 2.24) is 0 Å². The smallest absolute Gasteiger partial charge is 0.162 e. The Morgan fingerprint density at radius 1 is 1.37 bits per heavy atom. The fourth-order valence-corrected chi connectivity index (χ4v) is 3.23. The molecule has 1 N–H and O–H groups in total. The van der Waals surface area contributed by atoms with E-state index in [2.05, 4.69) is 26.7 Å². The van der Waals surface area contributed by atoms with Crippen LogP contribution in [0.5, 0.6) is 0 Å². The van der Waals surface area contributed by atoms with E-state index < -0.39 is 11.9 Å². The molecule has 0 radical (unpaired) electrons. The van der Waals surface area contributed by atoms with E-state index in [0.717, 1.165) is 12.8 Å². The topological polar surface area (TPSA) is 38.7 Å². The Bertz CT molecular complexity index is 322. The van der Waals surface area contributed by atoms with Gasteiger partial charge in [-0.05, 0) is 30.6 Å². The van der Waals surface area contributed by atoms with Gasteiger partial charge < -0.3 is 14.6 Å². The molecule has 1 unspecified atom stereocenters. The van der Waals surface area contributed by atoms with E-state index in [1.54, 1.807) is 14.2 Å². The molecule has 0 bridgehead atoms. The van der Waals surface area contributed by atoms with Crippen molar-refractivity contribution in [3.63, 3.8) is 0 Å². The lowest BCUT2D eigenvalue weighted by Gasteiger charge is -2.48. The van der Waals surface area contributed by atoms with Gasteiger partial charge in [-0.3, -0.25) is 0 Å². The van der Waals surface area contributed by atoms with Crippen LogP contribution in [-0.2, 0) is 9.47 Å². The number of hydrogen-bond donors (Lipinski definition) is 1. The predicted octanol–water partition coefficient (Wildman–Crippen LogP) is 2.82. The first-order valence-corrected chi connectivity index (χ1v) is 7.00. The second kappa shape index (κ2) is 6.26. The summed E-state index contributed by atoms with van der Waals surface area (Å²) < 4.78 is 10.8. The zero-order chi connectivity index (χ0) is 14.7. The quantitative estimate of drug-likeness (QED) is 0.629. The fraction of sp³-hybridized carbons (Fsp3) is 0.875. The van der Waals surface area contributed by atoms with Crippen LogP contribution in [0.1, 0.15) is 46.5 Å². The molecule has 1 fully saturated rings. The number of methoxy groups -OCH3 is 2. The Labute approximate surface area is 117 Å². The van der Waals surface area contributed by atoms with E-state index in [4.69, 9.17) is 15.9 Å². The van der Waals surface area contributed by atoms with Crippen LogP contribution < -0.4 is 0 Å². The summed E-state index contributed by atoms with van der Waals surface area (Å²) in [6, 6.07) is 0. The number of terminal acetylenes is 1. The summed E-state index contributed by atoms with van der Waals surface area (Å²) in [5, 5.41) is 10.8. The number of ether oxygens (including phenoxy) is 2. The average molecular weight is 268 g/mol. The number of hydrogen-bond acceptors (Lipinski definition) is 3. The molecule has 19 heavy (non-hydrogen) atoms. The highest BCUT2D eigenvalue weighted by atomic mass is 16.7. The van der Waals surface area contributed by atoms with Crippen molar-refractivity contribution in [3.05, 3.63) is 0 Å². The molecule has 0 amide bonds. The molecule has 0 saturated heterocycles. The van der Waals surface area contributed by atoms with E-state index in [1.807, 2.05) is 0 Å². The first-order chi connectivity index (χ1) is 8.78. The number of aliphatic hydroxyl groups is 1. The Morgan fingerprint density at radius 2 is 1.95 bits per heavy atom. The van der Waals surface area contributed by atoms with Gasteiger partial charge in [0.25, 0.3) is 0 Å². The van der Waals surface area contributed by atoms with Gasteiger partial charge in [-0.15, -0.1) is 12.3 Å². The van der Waals surface area contributed by atoms with Crippen molar-refractivity contribution in [1.29, 1.82) is 0 Å². The molecule has 0 heterocycles. The highest BCUT2D eigenvalue weighted by Crippen LogP contribution is 2.47. The van der Waals surface area contributed by atoms with Gasteiger partial charge in [0.15, 0.2) is 6.29 Å². The molecular formula is C16H28O3. The zero-order valence-electron chi connectivity index (χ0n) is 12.9. The lowest BCUT2D eigenvalue weighted by Crippen LogP contribution is -2.51. The van der Waals surface area contributed by atoms with E-state index in [-0.39, 0.29) is 11.3 Å². The van der Waals surface area contributed by atoms with E-state index in [1.165, 1.54) is 0 Å². The Kier molecular flexibility index (Phi) is 5.43. The SMILES string of the molecule is C#CC[C@@]1(O)CCC(C(C)(C)C)C[C@@H]1C(OC)OC. The van der Waals surface area contributed by atoms with Crippen LogP contribution >= 0.6 is 0 Å². The summed E-state index contributed by atoms with van der Waals surface area (Å²) in [6.07, 6.45) is 7.97. The summed E-state index contributed by atoms with van der Waals surface area (Å²) in [5.74, 6) is 3.08. The van der Waals surface area contributed by atoms with Crippen LogP contribution in [0.25, 0.3) is 0 Å². The molecule has 110 valence electrons. The number of rotatable bonds is 4. The minimum atomic E-state index is -0.868. The highest BCUT2D eigenvalue weighted by Gasteiger charge is 2.48. The van der Waals surface area contributed by atoms with Crippen molar-refractivity contribution < 1.29 is 14.6 Å². The van der Waals surface area contributed by atoms with Gasteiger partial charge in [0.05, 0.1) is 5.60 Å². The van der Waals surface area contributed by atoms with Gasteiger partial charge in [-0.25, -0.2) is 0 Å². The van der Waals surface area contributed by atoms with Crippen LogP contribution in [0.4, 0.5) is 0 Å². The summed E-state index contributed by atoms with van der Waals surface area (Å²) in [6.45, 7) is 6.73. The molecule has 1 rings (SSSR count). The molecular weight excluding hydrogens is 240 g/mol. The maximum atomic E-state index is 10.8. The van der Waals surface area contributed by atoms with Crippen molar-refractivity contribution in [2.24, 2.45) is 17.3 Å². The minimum Gasteiger partial charge on any atom is -0.388 e. The first kappa shape index (κ1) is 16.5.